The van der Waals surface area contributed by atoms with Crippen LogP contribution in [0.15, 0.2) is 54.6 Å². The van der Waals surface area contributed by atoms with Crippen LogP contribution in [0.3, 0.4) is 0 Å². The van der Waals surface area contributed by atoms with Crippen LogP contribution >= 0.6 is 0 Å². The molecule has 31 heavy (non-hydrogen) atoms. The topological polar surface area (TPSA) is 0 Å². The molecule has 160 valence electrons. The predicted octanol–water partition coefficient (Wildman–Crippen LogP) is 7.96. The van der Waals surface area contributed by atoms with Gasteiger partial charge in [0.2, 0.25) is 0 Å². The monoisotopic (exact) mass is 424 g/mol. The van der Waals surface area contributed by atoms with Crippen molar-refractivity contribution in [3.8, 4) is 11.1 Å². The molecule has 3 aromatic rings. The Bertz CT molecular complexity index is 1130. The summed E-state index contributed by atoms with van der Waals surface area (Å²) in [6, 6.07) is 13.5. The van der Waals surface area contributed by atoms with E-state index >= 15 is 0 Å². The maximum atomic E-state index is 14.6. The number of hydrogen-bond donors (Lipinski definition) is 0. The van der Waals surface area contributed by atoms with Gasteiger partial charge in [-0.1, -0.05) is 54.6 Å². The Morgan fingerprint density at radius 1 is 0.677 bits per heavy atom. The highest BCUT2D eigenvalue weighted by atomic mass is 19.2. The standard InChI is InChI=1S/C27H24F4/c1-17-7-15-22(26(30)24(17)28)20-11-8-18(9-12-20)10-13-21-14-16-23(27(31)25(21)29)19-5-3-2-4-6-19/h5,7-9,11-12,14-16H,2-4,6,10,13H2,1H3. The largest absolute Gasteiger partial charge is 0.203 e. The van der Waals surface area contributed by atoms with Gasteiger partial charge in [-0.25, -0.2) is 17.6 Å². The lowest BCUT2D eigenvalue weighted by molar-refractivity contribution is 0.495. The van der Waals surface area contributed by atoms with Gasteiger partial charge in [0.25, 0.3) is 0 Å². The molecule has 0 unspecified atom stereocenters. The van der Waals surface area contributed by atoms with Gasteiger partial charge in [0, 0.05) is 11.1 Å². The van der Waals surface area contributed by atoms with Crippen molar-refractivity contribution in [1.29, 1.82) is 0 Å². The number of allylic oxidation sites excluding steroid dienone is 2. The van der Waals surface area contributed by atoms with Crippen LogP contribution in [-0.2, 0) is 12.8 Å². The van der Waals surface area contributed by atoms with Gasteiger partial charge in [0.05, 0.1) is 0 Å². The van der Waals surface area contributed by atoms with Crippen LogP contribution in [0.1, 0.15) is 47.9 Å². The average Bonchev–Trinajstić information content (AvgIpc) is 2.80. The molecule has 4 heteroatoms. The van der Waals surface area contributed by atoms with Gasteiger partial charge in [0.15, 0.2) is 23.3 Å². The maximum Gasteiger partial charge on any atom is 0.166 e. The summed E-state index contributed by atoms with van der Waals surface area (Å²) in [4.78, 5) is 0. The van der Waals surface area contributed by atoms with Crippen LogP contribution < -0.4 is 0 Å². The Hall–Kier alpha value is -2.88. The molecule has 4 rings (SSSR count). The minimum Gasteiger partial charge on any atom is -0.203 e. The van der Waals surface area contributed by atoms with Gasteiger partial charge in [0.1, 0.15) is 0 Å². The molecule has 0 fully saturated rings. The highest BCUT2D eigenvalue weighted by Crippen LogP contribution is 2.31. The van der Waals surface area contributed by atoms with Gasteiger partial charge in [-0.05, 0) is 73.3 Å². The van der Waals surface area contributed by atoms with E-state index in [1.165, 1.54) is 6.92 Å². The molecule has 0 bridgehead atoms. The Morgan fingerprint density at radius 3 is 2.10 bits per heavy atom. The van der Waals surface area contributed by atoms with E-state index in [0.29, 0.717) is 29.5 Å². The number of rotatable bonds is 5. The molecule has 3 aromatic carbocycles. The smallest absolute Gasteiger partial charge is 0.166 e. The highest BCUT2D eigenvalue weighted by molar-refractivity contribution is 5.67. The SMILES string of the molecule is Cc1ccc(-c2ccc(CCc3ccc(C4=CCCCC4)c(F)c3F)cc2)c(F)c1F. The fourth-order valence-corrected chi connectivity index (χ4v) is 4.11. The van der Waals surface area contributed by atoms with Crippen molar-refractivity contribution in [3.05, 3.63) is 100 Å². The van der Waals surface area contributed by atoms with E-state index in [0.717, 1.165) is 36.8 Å². The van der Waals surface area contributed by atoms with Crippen LogP contribution in [0.5, 0.6) is 0 Å². The molecular formula is C27H24F4. The fourth-order valence-electron chi connectivity index (χ4n) is 4.11. The zero-order valence-corrected chi connectivity index (χ0v) is 17.5. The van der Waals surface area contributed by atoms with E-state index in [-0.39, 0.29) is 11.1 Å². The van der Waals surface area contributed by atoms with Crippen molar-refractivity contribution >= 4 is 5.57 Å². The Morgan fingerprint density at radius 2 is 1.39 bits per heavy atom. The summed E-state index contributed by atoms with van der Waals surface area (Å²) in [6.07, 6.45) is 6.67. The summed E-state index contributed by atoms with van der Waals surface area (Å²) < 4.78 is 57.3. The van der Waals surface area contributed by atoms with Crippen LogP contribution in [0.4, 0.5) is 17.6 Å². The zero-order valence-electron chi connectivity index (χ0n) is 17.5. The molecule has 0 amide bonds. The summed E-state index contributed by atoms with van der Waals surface area (Å²) >= 11 is 0. The summed E-state index contributed by atoms with van der Waals surface area (Å²) in [5.74, 6) is -3.25. The molecule has 0 aliphatic heterocycles. The summed E-state index contributed by atoms with van der Waals surface area (Å²) in [7, 11) is 0. The minimum atomic E-state index is -0.863. The summed E-state index contributed by atoms with van der Waals surface area (Å²) in [6.45, 7) is 1.52. The molecular weight excluding hydrogens is 400 g/mol. The zero-order chi connectivity index (χ0) is 22.0. The van der Waals surface area contributed by atoms with Gasteiger partial charge < -0.3 is 0 Å². The van der Waals surface area contributed by atoms with Gasteiger partial charge in [-0.2, -0.15) is 0 Å². The molecule has 0 saturated carbocycles. The lowest BCUT2D eigenvalue weighted by Crippen LogP contribution is -2.03. The quantitative estimate of drug-likeness (QED) is 0.365. The first kappa shape index (κ1) is 21.4. The normalized spacial score (nSPS) is 13.9. The molecule has 0 nitrogen and oxygen atoms in total. The Balaban J connectivity index is 1.48. The van der Waals surface area contributed by atoms with Crippen molar-refractivity contribution < 1.29 is 17.6 Å². The third-order valence-electron chi connectivity index (χ3n) is 6.02. The lowest BCUT2D eigenvalue weighted by Gasteiger charge is -2.15. The third kappa shape index (κ3) is 4.43. The molecule has 0 heterocycles. The van der Waals surface area contributed by atoms with Crippen LogP contribution in [0.25, 0.3) is 16.7 Å². The van der Waals surface area contributed by atoms with Gasteiger partial charge >= 0.3 is 0 Å². The number of benzene rings is 3. The minimum absolute atomic E-state index is 0.204. The number of hydrogen-bond acceptors (Lipinski definition) is 0. The second-order valence-electron chi connectivity index (χ2n) is 8.13. The van der Waals surface area contributed by atoms with E-state index in [2.05, 4.69) is 0 Å². The average molecular weight is 424 g/mol. The van der Waals surface area contributed by atoms with E-state index in [9.17, 15) is 17.6 Å². The van der Waals surface area contributed by atoms with Crippen molar-refractivity contribution in [2.75, 3.05) is 0 Å². The van der Waals surface area contributed by atoms with Gasteiger partial charge in [-0.3, -0.25) is 0 Å². The molecule has 0 spiro atoms. The van der Waals surface area contributed by atoms with E-state index < -0.39 is 23.3 Å². The lowest BCUT2D eigenvalue weighted by atomic mass is 9.92. The van der Waals surface area contributed by atoms with Crippen LogP contribution in [0.2, 0.25) is 0 Å². The molecule has 1 aliphatic rings. The van der Waals surface area contributed by atoms with Crippen molar-refractivity contribution in [1.82, 2.24) is 0 Å². The molecule has 0 aromatic heterocycles. The first-order valence-electron chi connectivity index (χ1n) is 10.7. The van der Waals surface area contributed by atoms with Crippen LogP contribution in [0, 0.1) is 30.2 Å². The summed E-state index contributed by atoms with van der Waals surface area (Å²) in [5, 5.41) is 0. The first-order valence-corrected chi connectivity index (χ1v) is 10.7. The Labute approximate surface area is 180 Å². The van der Waals surface area contributed by atoms with E-state index in [1.807, 2.05) is 18.2 Å². The van der Waals surface area contributed by atoms with Crippen molar-refractivity contribution in [2.45, 2.75) is 45.4 Å². The third-order valence-corrected chi connectivity index (χ3v) is 6.02. The van der Waals surface area contributed by atoms with Crippen molar-refractivity contribution in [2.24, 2.45) is 0 Å². The Kier molecular flexibility index (Phi) is 6.26. The van der Waals surface area contributed by atoms with Crippen molar-refractivity contribution in [3.63, 3.8) is 0 Å². The van der Waals surface area contributed by atoms with Gasteiger partial charge in [-0.15, -0.1) is 0 Å². The molecule has 0 saturated heterocycles. The molecule has 0 atom stereocenters. The highest BCUT2D eigenvalue weighted by Gasteiger charge is 2.17. The summed E-state index contributed by atoms with van der Waals surface area (Å²) in [5.41, 5.74) is 3.56. The van der Waals surface area contributed by atoms with Crippen LogP contribution in [-0.4, -0.2) is 0 Å². The van der Waals surface area contributed by atoms with E-state index in [4.69, 9.17) is 0 Å². The first-order chi connectivity index (χ1) is 15.0. The second kappa shape index (κ2) is 9.09. The number of halogens is 4. The van der Waals surface area contributed by atoms with E-state index in [1.54, 1.807) is 36.4 Å². The number of aryl methyl sites for hydroxylation is 3. The molecule has 0 radical (unpaired) electrons. The fraction of sp³-hybridized carbons (Fsp3) is 0.259. The second-order valence-corrected chi connectivity index (χ2v) is 8.13. The maximum absolute atomic E-state index is 14.6. The molecule has 0 N–H and O–H groups in total. The molecule has 1 aliphatic carbocycles. The predicted molar refractivity (Wildman–Crippen MR) is 117 cm³/mol.